The van der Waals surface area contributed by atoms with E-state index in [0.29, 0.717) is 0 Å². The van der Waals surface area contributed by atoms with Gasteiger partial charge in [-0.05, 0) is 37.3 Å². The third-order valence-electron chi connectivity index (χ3n) is 2.99. The zero-order valence-electron chi connectivity index (χ0n) is 10.0. The fraction of sp³-hybridized carbons (Fsp3) is 0.615. The molecule has 0 radical (unpaired) electrons. The summed E-state index contributed by atoms with van der Waals surface area (Å²) in [5.41, 5.74) is 2.56. The Morgan fingerprint density at radius 3 is 2.75 bits per heavy atom. The van der Waals surface area contributed by atoms with Gasteiger partial charge in [-0.2, -0.15) is 0 Å². The highest BCUT2D eigenvalue weighted by Crippen LogP contribution is 2.32. The molecule has 3 heteroatoms. The summed E-state index contributed by atoms with van der Waals surface area (Å²) in [6, 6.07) is 2.99. The summed E-state index contributed by atoms with van der Waals surface area (Å²) in [7, 11) is 0. The summed E-state index contributed by atoms with van der Waals surface area (Å²) in [4.78, 5) is 7.10. The van der Waals surface area contributed by atoms with Crippen LogP contribution in [0.2, 0.25) is 0 Å². The number of aromatic nitrogens is 1. The second-order valence-electron chi connectivity index (χ2n) is 4.54. The number of pyridine rings is 1. The van der Waals surface area contributed by atoms with Gasteiger partial charge in [0.1, 0.15) is 5.82 Å². The Bertz CT molecular complexity index is 361. The average molecular weight is 283 g/mol. The molecule has 0 spiro atoms. The van der Waals surface area contributed by atoms with Gasteiger partial charge < -0.3 is 4.90 Å². The van der Waals surface area contributed by atoms with Crippen molar-refractivity contribution in [2.75, 3.05) is 11.4 Å². The van der Waals surface area contributed by atoms with Crippen molar-refractivity contribution in [3.8, 4) is 0 Å². The number of nitrogens with zero attached hydrogens (tertiary/aromatic N) is 2. The predicted octanol–water partition coefficient (Wildman–Crippen LogP) is 3.66. The quantitative estimate of drug-likeness (QED) is 0.767. The molecule has 1 aliphatic carbocycles. The second kappa shape index (κ2) is 5.17. The van der Waals surface area contributed by atoms with Crippen molar-refractivity contribution < 1.29 is 0 Å². The molecule has 2 rings (SSSR count). The molecule has 0 atom stereocenters. The third kappa shape index (κ3) is 2.57. The lowest BCUT2D eigenvalue weighted by molar-refractivity contribution is 0.747. The second-order valence-corrected chi connectivity index (χ2v) is 5.10. The van der Waals surface area contributed by atoms with Crippen LogP contribution in [0.3, 0.4) is 0 Å². The van der Waals surface area contributed by atoms with Crippen LogP contribution < -0.4 is 4.90 Å². The largest absolute Gasteiger partial charge is 0.353 e. The first-order valence-corrected chi connectivity index (χ1v) is 7.16. The number of alkyl halides is 1. The SMILES string of the molecule is CCCN(c1ncc(CBr)cc1C)C1CC1. The first kappa shape index (κ1) is 11.9. The minimum atomic E-state index is 0.751. The molecule has 16 heavy (non-hydrogen) atoms. The number of anilines is 1. The summed E-state index contributed by atoms with van der Waals surface area (Å²) in [5.74, 6) is 1.19. The molecule has 0 bridgehead atoms. The molecule has 0 aromatic carbocycles. The molecule has 0 amide bonds. The van der Waals surface area contributed by atoms with Crippen molar-refractivity contribution in [1.82, 2.24) is 4.98 Å². The average Bonchev–Trinajstić information content (AvgIpc) is 3.10. The number of hydrogen-bond acceptors (Lipinski definition) is 2. The maximum Gasteiger partial charge on any atom is 0.131 e. The van der Waals surface area contributed by atoms with Crippen LogP contribution in [0.25, 0.3) is 0 Å². The van der Waals surface area contributed by atoms with Gasteiger partial charge in [-0.25, -0.2) is 4.98 Å². The molecule has 0 saturated heterocycles. The Morgan fingerprint density at radius 2 is 2.25 bits per heavy atom. The summed E-state index contributed by atoms with van der Waals surface area (Å²) in [5, 5.41) is 0.887. The molecular weight excluding hydrogens is 264 g/mol. The molecule has 1 saturated carbocycles. The highest BCUT2D eigenvalue weighted by Gasteiger charge is 2.30. The van der Waals surface area contributed by atoms with E-state index in [1.165, 1.54) is 36.2 Å². The van der Waals surface area contributed by atoms with Gasteiger partial charge in [-0.3, -0.25) is 0 Å². The van der Waals surface area contributed by atoms with Gasteiger partial charge >= 0.3 is 0 Å². The van der Waals surface area contributed by atoms with E-state index in [4.69, 9.17) is 0 Å². The van der Waals surface area contributed by atoms with Crippen molar-refractivity contribution in [1.29, 1.82) is 0 Å². The van der Waals surface area contributed by atoms with Crippen LogP contribution in [0.5, 0.6) is 0 Å². The molecule has 1 aromatic heterocycles. The zero-order valence-corrected chi connectivity index (χ0v) is 11.6. The van der Waals surface area contributed by atoms with Gasteiger partial charge in [0.25, 0.3) is 0 Å². The van der Waals surface area contributed by atoms with Crippen LogP contribution in [0.15, 0.2) is 12.3 Å². The minimum Gasteiger partial charge on any atom is -0.353 e. The predicted molar refractivity (Wildman–Crippen MR) is 72.3 cm³/mol. The van der Waals surface area contributed by atoms with E-state index in [1.807, 2.05) is 6.20 Å². The van der Waals surface area contributed by atoms with Crippen molar-refractivity contribution in [3.05, 3.63) is 23.4 Å². The summed E-state index contributed by atoms with van der Waals surface area (Å²) < 4.78 is 0. The van der Waals surface area contributed by atoms with E-state index in [-0.39, 0.29) is 0 Å². The van der Waals surface area contributed by atoms with Gasteiger partial charge in [0.15, 0.2) is 0 Å². The number of rotatable bonds is 5. The molecular formula is C13H19BrN2. The van der Waals surface area contributed by atoms with Crippen LogP contribution >= 0.6 is 15.9 Å². The molecule has 1 aliphatic rings. The monoisotopic (exact) mass is 282 g/mol. The van der Waals surface area contributed by atoms with Gasteiger partial charge in [-0.15, -0.1) is 0 Å². The Hall–Kier alpha value is -0.570. The first-order chi connectivity index (χ1) is 7.76. The molecule has 0 aliphatic heterocycles. The molecule has 0 N–H and O–H groups in total. The van der Waals surface area contributed by atoms with E-state index in [1.54, 1.807) is 0 Å². The van der Waals surface area contributed by atoms with Crippen LogP contribution in [0.1, 0.15) is 37.3 Å². The van der Waals surface area contributed by atoms with Gasteiger partial charge in [0.05, 0.1) is 0 Å². The van der Waals surface area contributed by atoms with E-state index in [2.05, 4.69) is 45.7 Å². The molecule has 1 fully saturated rings. The molecule has 0 unspecified atom stereocenters. The maximum absolute atomic E-state index is 4.63. The van der Waals surface area contributed by atoms with Crippen LogP contribution in [0, 0.1) is 6.92 Å². The van der Waals surface area contributed by atoms with Gasteiger partial charge in [0.2, 0.25) is 0 Å². The molecule has 1 heterocycles. The van der Waals surface area contributed by atoms with E-state index >= 15 is 0 Å². The highest BCUT2D eigenvalue weighted by molar-refractivity contribution is 9.08. The highest BCUT2D eigenvalue weighted by atomic mass is 79.9. The van der Waals surface area contributed by atoms with Crippen LogP contribution in [0.4, 0.5) is 5.82 Å². The van der Waals surface area contributed by atoms with Crippen LogP contribution in [-0.4, -0.2) is 17.6 Å². The van der Waals surface area contributed by atoms with E-state index in [9.17, 15) is 0 Å². The number of aryl methyl sites for hydroxylation is 1. The molecule has 88 valence electrons. The Labute approximate surface area is 106 Å². The van der Waals surface area contributed by atoms with Crippen molar-refractivity contribution in [3.63, 3.8) is 0 Å². The van der Waals surface area contributed by atoms with Crippen molar-refractivity contribution >= 4 is 21.7 Å². The Morgan fingerprint density at radius 1 is 1.50 bits per heavy atom. The Kier molecular flexibility index (Phi) is 3.85. The topological polar surface area (TPSA) is 16.1 Å². The van der Waals surface area contributed by atoms with E-state index in [0.717, 1.165) is 17.9 Å². The van der Waals surface area contributed by atoms with Crippen molar-refractivity contribution in [2.24, 2.45) is 0 Å². The smallest absolute Gasteiger partial charge is 0.131 e. The fourth-order valence-corrected chi connectivity index (χ4v) is 2.39. The molecule has 2 nitrogen and oxygen atoms in total. The van der Waals surface area contributed by atoms with Gasteiger partial charge in [-0.1, -0.05) is 28.9 Å². The summed E-state index contributed by atoms with van der Waals surface area (Å²) >= 11 is 3.47. The normalized spacial score (nSPS) is 15.2. The fourth-order valence-electron chi connectivity index (χ4n) is 2.09. The lowest BCUT2D eigenvalue weighted by Gasteiger charge is -2.24. The van der Waals surface area contributed by atoms with Gasteiger partial charge in [0, 0.05) is 24.1 Å². The summed E-state index contributed by atoms with van der Waals surface area (Å²) in [6.45, 7) is 5.53. The zero-order chi connectivity index (χ0) is 11.5. The summed E-state index contributed by atoms with van der Waals surface area (Å²) in [6.07, 6.45) is 5.85. The lowest BCUT2D eigenvalue weighted by Crippen LogP contribution is -2.28. The van der Waals surface area contributed by atoms with Crippen LogP contribution in [-0.2, 0) is 5.33 Å². The first-order valence-electron chi connectivity index (χ1n) is 6.04. The minimum absolute atomic E-state index is 0.751. The standard InChI is InChI=1S/C13H19BrN2/c1-3-6-16(12-4-5-12)13-10(2)7-11(8-14)9-15-13/h7,9,12H,3-6,8H2,1-2H3. The Balaban J connectivity index is 2.22. The third-order valence-corrected chi connectivity index (χ3v) is 3.63. The van der Waals surface area contributed by atoms with E-state index < -0.39 is 0 Å². The number of halogens is 1. The van der Waals surface area contributed by atoms with Crippen molar-refractivity contribution in [2.45, 2.75) is 44.5 Å². The number of hydrogen-bond donors (Lipinski definition) is 0. The maximum atomic E-state index is 4.63. The molecule has 1 aromatic rings. The lowest BCUT2D eigenvalue weighted by atomic mass is 10.2.